The van der Waals surface area contributed by atoms with Crippen LogP contribution in [0.25, 0.3) is 0 Å². The van der Waals surface area contributed by atoms with Gasteiger partial charge in [0.2, 0.25) is 10.0 Å². The molecule has 0 aliphatic heterocycles. The molecule has 1 aliphatic rings. The zero-order valence-electron chi connectivity index (χ0n) is 18.0. The van der Waals surface area contributed by atoms with Gasteiger partial charge in [-0.25, -0.2) is 8.42 Å². The lowest BCUT2D eigenvalue weighted by atomic mass is 9.87. The van der Waals surface area contributed by atoms with Gasteiger partial charge in [0.05, 0.1) is 11.9 Å². The molecule has 162 valence electrons. The third-order valence-electron chi connectivity index (χ3n) is 5.86. The summed E-state index contributed by atoms with van der Waals surface area (Å²) in [5.41, 5.74) is 3.22. The fourth-order valence-electron chi connectivity index (χ4n) is 4.29. The van der Waals surface area contributed by atoms with E-state index >= 15 is 0 Å². The Morgan fingerprint density at radius 2 is 1.87 bits per heavy atom. The molecule has 0 radical (unpaired) electrons. The summed E-state index contributed by atoms with van der Waals surface area (Å²) in [6, 6.07) is 15.3. The Morgan fingerprint density at radius 3 is 2.60 bits per heavy atom. The number of sulfonamides is 1. The molecule has 0 saturated carbocycles. The van der Waals surface area contributed by atoms with Gasteiger partial charge >= 0.3 is 0 Å². The van der Waals surface area contributed by atoms with Gasteiger partial charge in [0.25, 0.3) is 5.91 Å². The van der Waals surface area contributed by atoms with Gasteiger partial charge in [0.15, 0.2) is 6.54 Å². The Hall–Kier alpha value is -2.22. The molecule has 0 heterocycles. The van der Waals surface area contributed by atoms with Crippen molar-refractivity contribution in [1.29, 1.82) is 0 Å². The average molecular weight is 431 g/mol. The lowest BCUT2D eigenvalue weighted by molar-refractivity contribution is -0.905. The Balaban J connectivity index is 1.69. The van der Waals surface area contributed by atoms with Crippen molar-refractivity contribution in [2.24, 2.45) is 0 Å². The second kappa shape index (κ2) is 9.73. The normalized spacial score (nSPS) is 17.4. The third kappa shape index (κ3) is 4.91. The minimum atomic E-state index is -3.56. The van der Waals surface area contributed by atoms with Crippen molar-refractivity contribution in [3.05, 3.63) is 59.7 Å². The number of likely N-dealkylation sites (N-methyl/N-ethyl adjacent to an activating group) is 1. The maximum absolute atomic E-state index is 12.7. The summed E-state index contributed by atoms with van der Waals surface area (Å²) < 4.78 is 26.9. The van der Waals surface area contributed by atoms with Gasteiger partial charge in [0.1, 0.15) is 6.04 Å². The predicted molar refractivity (Wildman–Crippen MR) is 119 cm³/mol. The lowest BCUT2D eigenvalue weighted by Crippen LogP contribution is -3.10. The summed E-state index contributed by atoms with van der Waals surface area (Å²) in [6.07, 6.45) is 3.29. The molecule has 1 unspecified atom stereocenters. The summed E-state index contributed by atoms with van der Waals surface area (Å²) in [6.45, 7) is 4.77. The number of fused-ring (bicyclic) bond motifs is 1. The van der Waals surface area contributed by atoms with Crippen molar-refractivity contribution in [2.45, 2.75) is 44.0 Å². The first-order valence-corrected chi connectivity index (χ1v) is 12.1. The molecule has 2 aromatic rings. The SMILES string of the molecule is CCN(CC)S(=O)(=O)c1cccc(NC(=O)C[NH+](C)[C@@H]2CCCc3ccccc32)c1. The molecule has 30 heavy (non-hydrogen) atoms. The van der Waals surface area contributed by atoms with Crippen molar-refractivity contribution in [3.63, 3.8) is 0 Å². The van der Waals surface area contributed by atoms with Gasteiger partial charge in [-0.1, -0.05) is 44.2 Å². The Bertz CT molecular complexity index is 987. The highest BCUT2D eigenvalue weighted by molar-refractivity contribution is 7.89. The van der Waals surface area contributed by atoms with E-state index in [1.807, 2.05) is 20.9 Å². The maximum atomic E-state index is 12.7. The molecule has 0 spiro atoms. The molecular weight excluding hydrogens is 398 g/mol. The van der Waals surface area contributed by atoms with Crippen LogP contribution in [0.2, 0.25) is 0 Å². The van der Waals surface area contributed by atoms with Crippen molar-refractivity contribution in [1.82, 2.24) is 4.31 Å². The Kier molecular flexibility index (Phi) is 7.28. The first-order valence-electron chi connectivity index (χ1n) is 10.7. The molecule has 2 aromatic carbocycles. The number of rotatable bonds is 8. The lowest BCUT2D eigenvalue weighted by Gasteiger charge is -2.30. The zero-order valence-corrected chi connectivity index (χ0v) is 18.8. The van der Waals surface area contributed by atoms with Gasteiger partial charge in [0, 0.05) is 30.8 Å². The standard InChI is InChI=1S/C23H31N3O3S/c1-4-26(5-2)30(28,29)20-13-9-12-19(16-20)24-23(27)17-25(3)22-15-8-11-18-10-6-7-14-21(18)22/h6-7,9-10,12-14,16,22H,4-5,8,11,15,17H2,1-3H3,(H,24,27)/p+1/t22-/m1/s1. The van der Waals surface area contributed by atoms with Crippen molar-refractivity contribution >= 4 is 21.6 Å². The zero-order chi connectivity index (χ0) is 21.7. The highest BCUT2D eigenvalue weighted by Gasteiger charge is 2.28. The second-order valence-corrected chi connectivity index (χ2v) is 9.77. The minimum absolute atomic E-state index is 0.118. The van der Waals surface area contributed by atoms with Crippen LogP contribution < -0.4 is 10.2 Å². The van der Waals surface area contributed by atoms with Gasteiger partial charge in [-0.3, -0.25) is 4.79 Å². The van der Waals surface area contributed by atoms with Crippen molar-refractivity contribution < 1.29 is 18.1 Å². The van der Waals surface area contributed by atoms with E-state index in [0.29, 0.717) is 31.4 Å². The summed E-state index contributed by atoms with van der Waals surface area (Å²) in [5.74, 6) is -0.118. The van der Waals surface area contributed by atoms with E-state index in [2.05, 4.69) is 29.6 Å². The van der Waals surface area contributed by atoms with Crippen molar-refractivity contribution in [2.75, 3.05) is 32.0 Å². The molecule has 0 saturated heterocycles. The summed E-state index contributed by atoms with van der Waals surface area (Å²) in [5, 5.41) is 2.88. The van der Waals surface area contributed by atoms with Crippen LogP contribution >= 0.6 is 0 Å². The van der Waals surface area contributed by atoms with Crippen LogP contribution in [-0.4, -0.2) is 45.3 Å². The third-order valence-corrected chi connectivity index (χ3v) is 7.91. The number of hydrogen-bond acceptors (Lipinski definition) is 3. The average Bonchev–Trinajstić information content (AvgIpc) is 2.74. The number of carbonyl (C=O) groups excluding carboxylic acids is 1. The first kappa shape index (κ1) is 22.5. The van der Waals surface area contributed by atoms with Crippen molar-refractivity contribution in [3.8, 4) is 0 Å². The van der Waals surface area contributed by atoms with E-state index in [1.54, 1.807) is 18.2 Å². The number of nitrogens with one attached hydrogen (secondary N) is 2. The summed E-state index contributed by atoms with van der Waals surface area (Å²) in [7, 11) is -1.51. The van der Waals surface area contributed by atoms with E-state index in [9.17, 15) is 13.2 Å². The first-order chi connectivity index (χ1) is 14.4. The molecule has 2 atom stereocenters. The van der Waals surface area contributed by atoms with E-state index in [1.165, 1.54) is 21.5 Å². The van der Waals surface area contributed by atoms with Crippen LogP contribution in [0.4, 0.5) is 5.69 Å². The topological polar surface area (TPSA) is 70.9 Å². The number of benzene rings is 2. The molecule has 0 aromatic heterocycles. The Morgan fingerprint density at radius 1 is 1.13 bits per heavy atom. The van der Waals surface area contributed by atoms with E-state index in [-0.39, 0.29) is 10.8 Å². The highest BCUT2D eigenvalue weighted by Crippen LogP contribution is 2.27. The largest absolute Gasteiger partial charge is 0.323 e. The predicted octanol–water partition coefficient (Wildman–Crippen LogP) is 2.25. The fraction of sp³-hybridized carbons (Fsp3) is 0.435. The highest BCUT2D eigenvalue weighted by atomic mass is 32.2. The van der Waals surface area contributed by atoms with Crippen LogP contribution in [0.3, 0.4) is 0 Å². The van der Waals surface area contributed by atoms with Crippen LogP contribution in [0, 0.1) is 0 Å². The molecule has 2 N–H and O–H groups in total. The fourth-order valence-corrected chi connectivity index (χ4v) is 5.80. The van der Waals surface area contributed by atoms with E-state index in [0.717, 1.165) is 24.2 Å². The van der Waals surface area contributed by atoms with Gasteiger partial charge in [-0.15, -0.1) is 0 Å². The van der Waals surface area contributed by atoms with Gasteiger partial charge < -0.3 is 10.2 Å². The number of amides is 1. The number of carbonyl (C=O) groups is 1. The molecule has 1 aliphatic carbocycles. The minimum Gasteiger partial charge on any atom is -0.323 e. The van der Waals surface area contributed by atoms with Gasteiger partial charge in [-0.05, 0) is 36.6 Å². The summed E-state index contributed by atoms with van der Waals surface area (Å²) in [4.78, 5) is 14.0. The number of quaternary nitrogens is 1. The number of nitrogens with zero attached hydrogens (tertiary/aromatic N) is 1. The number of anilines is 1. The van der Waals surface area contributed by atoms with Crippen LogP contribution in [-0.2, 0) is 21.2 Å². The van der Waals surface area contributed by atoms with Crippen LogP contribution in [0.15, 0.2) is 53.4 Å². The number of aryl methyl sites for hydroxylation is 1. The Labute approximate surface area is 179 Å². The van der Waals surface area contributed by atoms with E-state index < -0.39 is 10.0 Å². The quantitative estimate of drug-likeness (QED) is 0.675. The number of hydrogen-bond donors (Lipinski definition) is 2. The molecule has 6 nitrogen and oxygen atoms in total. The molecule has 0 fully saturated rings. The smallest absolute Gasteiger partial charge is 0.279 e. The monoisotopic (exact) mass is 430 g/mol. The molecule has 3 rings (SSSR count). The second-order valence-electron chi connectivity index (χ2n) is 7.83. The molecule has 1 amide bonds. The maximum Gasteiger partial charge on any atom is 0.279 e. The van der Waals surface area contributed by atoms with Crippen LogP contribution in [0.1, 0.15) is 43.9 Å². The van der Waals surface area contributed by atoms with E-state index in [4.69, 9.17) is 0 Å². The molecular formula is C23H32N3O3S+. The van der Waals surface area contributed by atoms with Crippen LogP contribution in [0.5, 0.6) is 0 Å². The molecule has 7 heteroatoms. The van der Waals surface area contributed by atoms with Gasteiger partial charge in [-0.2, -0.15) is 4.31 Å². The molecule has 0 bridgehead atoms. The summed E-state index contributed by atoms with van der Waals surface area (Å²) >= 11 is 0.